The van der Waals surface area contributed by atoms with Crippen LogP contribution in [-0.4, -0.2) is 31.2 Å². The van der Waals surface area contributed by atoms with Crippen molar-refractivity contribution in [2.45, 2.75) is 39.3 Å². The van der Waals surface area contributed by atoms with E-state index in [9.17, 15) is 0 Å². The Balaban J connectivity index is 1.42. The molecule has 0 spiro atoms. The molecule has 30 heavy (non-hydrogen) atoms. The van der Waals surface area contributed by atoms with E-state index in [4.69, 9.17) is 10.1 Å². The quantitative estimate of drug-likeness (QED) is 0.456. The number of hydrogen-bond donors (Lipinski definition) is 0. The predicted octanol–water partition coefficient (Wildman–Crippen LogP) is 5.07. The molecule has 0 saturated heterocycles. The van der Waals surface area contributed by atoms with Crippen molar-refractivity contribution in [3.63, 3.8) is 0 Å². The molecule has 0 bridgehead atoms. The molecule has 4 aromatic rings. The maximum Gasteiger partial charge on any atom is 0.131 e. The summed E-state index contributed by atoms with van der Waals surface area (Å²) >= 11 is 1.74. The normalized spacial score (nSPS) is 14.2. The van der Waals surface area contributed by atoms with E-state index >= 15 is 0 Å². The van der Waals surface area contributed by atoms with E-state index in [1.807, 2.05) is 16.9 Å². The fourth-order valence-electron chi connectivity index (χ4n) is 3.90. The van der Waals surface area contributed by atoms with E-state index in [2.05, 4.69) is 71.7 Å². The Kier molecular flexibility index (Phi) is 5.19. The average Bonchev–Trinajstić information content (AvgIpc) is 3.44. The van der Waals surface area contributed by atoms with Gasteiger partial charge in [-0.2, -0.15) is 5.10 Å². The molecule has 0 amide bonds. The van der Waals surface area contributed by atoms with Crippen LogP contribution in [-0.2, 0) is 19.5 Å². The summed E-state index contributed by atoms with van der Waals surface area (Å²) in [5, 5.41) is 7.05. The highest BCUT2D eigenvalue weighted by Crippen LogP contribution is 2.30. The summed E-state index contributed by atoms with van der Waals surface area (Å²) < 4.78 is 2.00. The van der Waals surface area contributed by atoms with Gasteiger partial charge in [0.05, 0.1) is 10.6 Å². The molecule has 152 valence electrons. The van der Waals surface area contributed by atoms with Gasteiger partial charge in [0.1, 0.15) is 11.5 Å². The second-order valence-electron chi connectivity index (χ2n) is 8.08. The largest absolute Gasteiger partial charge is 0.294 e. The van der Waals surface area contributed by atoms with Gasteiger partial charge in [-0.25, -0.2) is 14.6 Å². The Bertz CT molecular complexity index is 1130. The molecule has 3 aromatic heterocycles. The first-order valence-electron chi connectivity index (χ1n) is 10.4. The monoisotopic (exact) mass is 415 g/mol. The van der Waals surface area contributed by atoms with E-state index in [0.717, 1.165) is 43.3 Å². The number of nitrogens with zero attached hydrogens (tertiary/aromatic N) is 5. The highest BCUT2D eigenvalue weighted by Gasteiger charge is 2.22. The Labute approximate surface area is 181 Å². The van der Waals surface area contributed by atoms with Gasteiger partial charge in [0, 0.05) is 61.2 Å². The molecule has 5 nitrogen and oxygen atoms in total. The third-order valence-corrected chi connectivity index (χ3v) is 6.38. The van der Waals surface area contributed by atoms with Crippen LogP contribution in [0.15, 0.2) is 60.2 Å². The zero-order valence-corrected chi connectivity index (χ0v) is 18.1. The van der Waals surface area contributed by atoms with Crippen LogP contribution in [0.2, 0.25) is 0 Å². The van der Waals surface area contributed by atoms with Gasteiger partial charge in [-0.15, -0.1) is 11.3 Å². The number of rotatable bonds is 5. The molecule has 0 saturated carbocycles. The summed E-state index contributed by atoms with van der Waals surface area (Å²) in [5.41, 5.74) is 5.87. The van der Waals surface area contributed by atoms with Crippen LogP contribution in [0.3, 0.4) is 0 Å². The van der Waals surface area contributed by atoms with Crippen molar-refractivity contribution >= 4 is 11.3 Å². The number of aromatic nitrogens is 4. The molecule has 4 heterocycles. The van der Waals surface area contributed by atoms with Crippen molar-refractivity contribution in [1.82, 2.24) is 24.6 Å². The lowest BCUT2D eigenvalue weighted by Gasteiger charge is -2.28. The van der Waals surface area contributed by atoms with Crippen LogP contribution in [0.1, 0.15) is 42.4 Å². The molecular formula is C24H25N5S. The first-order valence-corrected chi connectivity index (χ1v) is 11.3. The van der Waals surface area contributed by atoms with Crippen molar-refractivity contribution in [3.05, 3.63) is 82.9 Å². The van der Waals surface area contributed by atoms with Crippen LogP contribution in [0.4, 0.5) is 0 Å². The number of thiophene rings is 1. The zero-order valence-electron chi connectivity index (χ0n) is 17.3. The summed E-state index contributed by atoms with van der Waals surface area (Å²) in [6.07, 6.45) is 5.17. The lowest BCUT2D eigenvalue weighted by Crippen LogP contribution is -2.31. The molecule has 1 aliphatic rings. The summed E-state index contributed by atoms with van der Waals surface area (Å²) in [6, 6.07) is 14.6. The minimum absolute atomic E-state index is 0.366. The van der Waals surface area contributed by atoms with E-state index in [1.54, 1.807) is 11.3 Å². The predicted molar refractivity (Wildman–Crippen MR) is 121 cm³/mol. The van der Waals surface area contributed by atoms with Gasteiger partial charge in [-0.3, -0.25) is 4.90 Å². The maximum atomic E-state index is 4.94. The van der Waals surface area contributed by atoms with Crippen LogP contribution in [0, 0.1) is 0 Å². The van der Waals surface area contributed by atoms with E-state index in [1.165, 1.54) is 21.7 Å². The van der Waals surface area contributed by atoms with Crippen LogP contribution < -0.4 is 0 Å². The van der Waals surface area contributed by atoms with Crippen molar-refractivity contribution in [2.24, 2.45) is 0 Å². The summed E-state index contributed by atoms with van der Waals surface area (Å²) in [4.78, 5) is 13.1. The molecule has 0 fully saturated rings. The van der Waals surface area contributed by atoms with Gasteiger partial charge in [0.25, 0.3) is 0 Å². The van der Waals surface area contributed by atoms with Crippen molar-refractivity contribution in [2.75, 3.05) is 6.54 Å². The number of para-hydroxylation sites is 1. The first-order chi connectivity index (χ1) is 14.7. The van der Waals surface area contributed by atoms with Gasteiger partial charge >= 0.3 is 0 Å². The number of fused-ring (bicyclic) bond motifs is 1. The summed E-state index contributed by atoms with van der Waals surface area (Å²) in [6.45, 7) is 7.04. The lowest BCUT2D eigenvalue weighted by atomic mass is 10.1. The maximum absolute atomic E-state index is 4.94. The highest BCUT2D eigenvalue weighted by molar-refractivity contribution is 7.13. The molecule has 0 aliphatic carbocycles. The van der Waals surface area contributed by atoms with E-state index in [-0.39, 0.29) is 0 Å². The molecular weight excluding hydrogens is 390 g/mol. The van der Waals surface area contributed by atoms with Crippen LogP contribution in [0.25, 0.3) is 16.3 Å². The van der Waals surface area contributed by atoms with E-state index in [0.29, 0.717) is 5.92 Å². The molecule has 0 unspecified atom stereocenters. The smallest absolute Gasteiger partial charge is 0.131 e. The van der Waals surface area contributed by atoms with Crippen molar-refractivity contribution in [3.8, 4) is 16.3 Å². The van der Waals surface area contributed by atoms with Crippen molar-refractivity contribution in [1.29, 1.82) is 0 Å². The Morgan fingerprint density at radius 1 is 1.10 bits per heavy atom. The minimum atomic E-state index is 0.366. The molecule has 5 rings (SSSR count). The molecule has 6 heteroatoms. The first kappa shape index (κ1) is 19.2. The molecule has 1 aromatic carbocycles. The van der Waals surface area contributed by atoms with Gasteiger partial charge in [0.2, 0.25) is 0 Å². The minimum Gasteiger partial charge on any atom is -0.294 e. The Hall–Kier alpha value is -2.83. The third-order valence-electron chi connectivity index (χ3n) is 5.51. The van der Waals surface area contributed by atoms with Gasteiger partial charge in [-0.05, 0) is 23.6 Å². The second kappa shape index (κ2) is 8.13. The molecule has 0 N–H and O–H groups in total. The molecule has 1 aliphatic heterocycles. The van der Waals surface area contributed by atoms with Crippen molar-refractivity contribution < 1.29 is 0 Å². The fourth-order valence-corrected chi connectivity index (χ4v) is 4.65. The summed E-state index contributed by atoms with van der Waals surface area (Å²) in [7, 11) is 0. The molecule has 0 atom stereocenters. The van der Waals surface area contributed by atoms with Gasteiger partial charge in [-0.1, -0.05) is 38.1 Å². The van der Waals surface area contributed by atoms with Gasteiger partial charge < -0.3 is 0 Å². The second-order valence-corrected chi connectivity index (χ2v) is 9.02. The topological polar surface area (TPSA) is 46.8 Å². The summed E-state index contributed by atoms with van der Waals surface area (Å²) in [5.74, 6) is 1.32. The zero-order chi connectivity index (χ0) is 20.5. The Morgan fingerprint density at radius 2 is 1.97 bits per heavy atom. The van der Waals surface area contributed by atoms with Crippen LogP contribution in [0.5, 0.6) is 0 Å². The lowest BCUT2D eigenvalue weighted by molar-refractivity contribution is 0.242. The average molecular weight is 416 g/mol. The van der Waals surface area contributed by atoms with Gasteiger partial charge in [0.15, 0.2) is 0 Å². The SMILES string of the molecule is CC(C)c1ncc2c(n1)CCN(Cc1cn(-c3ccccc3)nc1-c1cccs1)C2. The molecule has 0 radical (unpaired) electrons. The fraction of sp³-hybridized carbons (Fsp3) is 0.292. The number of hydrogen-bond acceptors (Lipinski definition) is 5. The highest BCUT2D eigenvalue weighted by atomic mass is 32.1. The number of benzene rings is 1. The Morgan fingerprint density at radius 3 is 2.73 bits per heavy atom. The standard InChI is InChI=1S/C24H25N5S/c1-17(2)24-25-13-18-14-28(11-10-21(18)26-24)15-19-16-29(20-7-4-3-5-8-20)27-23(19)22-9-6-12-30-22/h3-9,12-13,16-17H,10-11,14-15H2,1-2H3. The third kappa shape index (κ3) is 3.80. The van der Waals surface area contributed by atoms with E-state index < -0.39 is 0 Å². The van der Waals surface area contributed by atoms with Crippen LogP contribution >= 0.6 is 11.3 Å².